The van der Waals surface area contributed by atoms with Gasteiger partial charge in [-0.25, -0.2) is 12.7 Å². The molecule has 3 aromatic carbocycles. The molecule has 1 aliphatic carbocycles. The first-order chi connectivity index (χ1) is 19.7. The van der Waals surface area contributed by atoms with Crippen LogP contribution in [-0.2, 0) is 26.7 Å². The van der Waals surface area contributed by atoms with Crippen molar-refractivity contribution in [3.05, 3.63) is 88.9 Å². The molecular weight excluding hydrogens is 558 g/mol. The Bertz CT molecular complexity index is 1450. The number of likely N-dealkylation sites (N-methyl/N-ethyl adjacent to an activating group) is 1. The highest BCUT2D eigenvalue weighted by atomic mass is 35.5. The summed E-state index contributed by atoms with van der Waals surface area (Å²) in [6.45, 7) is 2.68. The molecule has 1 amide bonds. The lowest BCUT2D eigenvalue weighted by Crippen LogP contribution is -2.54. The fourth-order valence-corrected chi connectivity index (χ4v) is 7.45. The number of anilines is 1. The smallest absolute Gasteiger partial charge is 0.242 e. The second-order valence-corrected chi connectivity index (χ2v) is 13.5. The topological polar surface area (TPSA) is 70.2 Å². The molecule has 5 rings (SSSR count). The molecule has 0 spiro atoms. The van der Waals surface area contributed by atoms with E-state index in [-0.39, 0.29) is 10.8 Å². The van der Waals surface area contributed by atoms with Gasteiger partial charge >= 0.3 is 0 Å². The van der Waals surface area contributed by atoms with Crippen LogP contribution in [0.15, 0.2) is 77.7 Å². The molecule has 9 heteroatoms. The van der Waals surface area contributed by atoms with Crippen LogP contribution < -0.4 is 9.64 Å². The van der Waals surface area contributed by atoms with Gasteiger partial charge in [0.05, 0.1) is 23.1 Å². The predicted molar refractivity (Wildman–Crippen MR) is 163 cm³/mol. The summed E-state index contributed by atoms with van der Waals surface area (Å²) in [6, 6.07) is 22.6. The second-order valence-electron chi connectivity index (χ2n) is 11.0. The first-order valence-electron chi connectivity index (χ1n) is 14.2. The van der Waals surface area contributed by atoms with Crippen molar-refractivity contribution in [2.45, 2.75) is 42.4 Å². The van der Waals surface area contributed by atoms with Crippen LogP contribution in [0.2, 0.25) is 5.02 Å². The SMILES string of the molecule is COc1ccc(S(=O)(=O)N(C)CCc2ccccc2)cc1N1CCN(C(=O)C2(c3ccc(Cl)cc3)CCCC2)CC1. The molecule has 0 atom stereocenters. The maximum absolute atomic E-state index is 14.0. The standard InChI is InChI=1S/C32H38ClN3O4S/c1-34(19-16-25-8-4-3-5-9-25)41(38,39)28-14-15-30(40-2)29(24-28)35-20-22-36(23-21-35)31(37)32(17-6-7-18-32)26-10-12-27(33)13-11-26/h3-5,8-15,24H,6-7,16-23H2,1-2H3. The van der Waals surface area contributed by atoms with Crippen LogP contribution in [0, 0.1) is 0 Å². The number of halogens is 1. The molecule has 0 N–H and O–H groups in total. The van der Waals surface area contributed by atoms with E-state index >= 15 is 0 Å². The molecule has 218 valence electrons. The quantitative estimate of drug-likeness (QED) is 0.333. The third-order valence-corrected chi connectivity index (χ3v) is 10.7. The fraction of sp³-hybridized carbons (Fsp3) is 0.406. The molecule has 0 bridgehead atoms. The van der Waals surface area contributed by atoms with Crippen molar-refractivity contribution in [2.24, 2.45) is 0 Å². The van der Waals surface area contributed by atoms with Gasteiger partial charge in [0, 0.05) is 44.8 Å². The normalized spacial score (nSPS) is 17.2. The summed E-state index contributed by atoms with van der Waals surface area (Å²) in [7, 11) is -0.486. The van der Waals surface area contributed by atoms with Gasteiger partial charge in [0.15, 0.2) is 0 Å². The van der Waals surface area contributed by atoms with E-state index in [0.29, 0.717) is 49.9 Å². The highest BCUT2D eigenvalue weighted by Gasteiger charge is 2.45. The minimum atomic E-state index is -3.70. The van der Waals surface area contributed by atoms with Gasteiger partial charge in [0.25, 0.3) is 0 Å². The molecule has 0 unspecified atom stereocenters. The summed E-state index contributed by atoms with van der Waals surface area (Å²) in [5, 5.41) is 0.670. The maximum Gasteiger partial charge on any atom is 0.242 e. The van der Waals surface area contributed by atoms with Gasteiger partial charge in [-0.2, -0.15) is 0 Å². The Balaban J connectivity index is 1.30. The summed E-state index contributed by atoms with van der Waals surface area (Å²) in [5.74, 6) is 0.796. The zero-order valence-electron chi connectivity index (χ0n) is 23.8. The number of methoxy groups -OCH3 is 1. The maximum atomic E-state index is 14.0. The fourth-order valence-electron chi connectivity index (χ4n) is 6.14. The number of nitrogens with zero attached hydrogens (tertiary/aromatic N) is 3. The minimum Gasteiger partial charge on any atom is -0.495 e. The van der Waals surface area contributed by atoms with Gasteiger partial charge in [-0.15, -0.1) is 0 Å². The Morgan fingerprint density at radius 1 is 0.951 bits per heavy atom. The number of hydrogen-bond donors (Lipinski definition) is 0. The van der Waals surface area contributed by atoms with Crippen LogP contribution >= 0.6 is 11.6 Å². The summed E-state index contributed by atoms with van der Waals surface area (Å²) in [4.78, 5) is 18.3. The highest BCUT2D eigenvalue weighted by molar-refractivity contribution is 7.89. The van der Waals surface area contributed by atoms with Crippen molar-refractivity contribution in [1.29, 1.82) is 0 Å². The molecule has 1 saturated carbocycles. The molecule has 1 aliphatic heterocycles. The first-order valence-corrected chi connectivity index (χ1v) is 16.0. The average molecular weight is 596 g/mol. The van der Waals surface area contributed by atoms with E-state index < -0.39 is 15.4 Å². The lowest BCUT2D eigenvalue weighted by molar-refractivity contribution is -0.137. The van der Waals surface area contributed by atoms with Crippen LogP contribution in [0.5, 0.6) is 5.75 Å². The van der Waals surface area contributed by atoms with Gasteiger partial charge < -0.3 is 14.5 Å². The summed E-state index contributed by atoms with van der Waals surface area (Å²) in [6.07, 6.45) is 4.39. The zero-order valence-corrected chi connectivity index (χ0v) is 25.3. The number of benzene rings is 3. The van der Waals surface area contributed by atoms with Crippen molar-refractivity contribution in [3.8, 4) is 5.75 Å². The number of carbonyl (C=O) groups is 1. The van der Waals surface area contributed by atoms with Crippen molar-refractivity contribution in [3.63, 3.8) is 0 Å². The summed E-state index contributed by atoms with van der Waals surface area (Å²) < 4.78 is 34.0. The van der Waals surface area contributed by atoms with E-state index in [0.717, 1.165) is 42.5 Å². The molecule has 7 nitrogen and oxygen atoms in total. The number of rotatable bonds is 9. The molecule has 1 saturated heterocycles. The number of sulfonamides is 1. The second kappa shape index (κ2) is 12.4. The minimum absolute atomic E-state index is 0.181. The Labute approximate surface area is 248 Å². The predicted octanol–water partition coefficient (Wildman–Crippen LogP) is 5.37. The Hall–Kier alpha value is -3.07. The molecule has 0 aromatic heterocycles. The number of piperazine rings is 1. The molecule has 1 heterocycles. The van der Waals surface area contributed by atoms with Crippen molar-refractivity contribution < 1.29 is 17.9 Å². The Morgan fingerprint density at radius 3 is 2.24 bits per heavy atom. The van der Waals surface area contributed by atoms with Crippen LogP contribution in [0.25, 0.3) is 0 Å². The molecule has 0 radical (unpaired) electrons. The molecule has 3 aromatic rings. The van der Waals surface area contributed by atoms with Gasteiger partial charge in [0.2, 0.25) is 15.9 Å². The van der Waals surface area contributed by atoms with Crippen LogP contribution in [0.1, 0.15) is 36.8 Å². The number of hydrogen-bond acceptors (Lipinski definition) is 5. The van der Waals surface area contributed by atoms with Gasteiger partial charge in [-0.05, 0) is 60.7 Å². The molecule has 2 fully saturated rings. The van der Waals surface area contributed by atoms with Crippen LogP contribution in [-0.4, -0.2) is 70.4 Å². The van der Waals surface area contributed by atoms with Crippen LogP contribution in [0.3, 0.4) is 0 Å². The molecular formula is C32H38ClN3O4S. The zero-order chi connectivity index (χ0) is 29.0. The van der Waals surface area contributed by atoms with Gasteiger partial charge in [-0.1, -0.05) is 66.9 Å². The monoisotopic (exact) mass is 595 g/mol. The van der Waals surface area contributed by atoms with E-state index in [1.807, 2.05) is 59.5 Å². The van der Waals surface area contributed by atoms with E-state index in [1.165, 1.54) is 4.31 Å². The number of amides is 1. The summed E-state index contributed by atoms with van der Waals surface area (Å²) >= 11 is 6.14. The Kier molecular flexibility index (Phi) is 8.92. The molecule has 41 heavy (non-hydrogen) atoms. The van der Waals surface area contributed by atoms with Crippen LogP contribution in [0.4, 0.5) is 5.69 Å². The Morgan fingerprint density at radius 2 is 1.61 bits per heavy atom. The number of carbonyl (C=O) groups excluding carboxylic acids is 1. The van der Waals surface area contributed by atoms with Crippen molar-refractivity contribution >= 4 is 33.2 Å². The van der Waals surface area contributed by atoms with Gasteiger partial charge in [-0.3, -0.25) is 4.79 Å². The van der Waals surface area contributed by atoms with E-state index in [4.69, 9.17) is 16.3 Å². The highest BCUT2D eigenvalue weighted by Crippen LogP contribution is 2.43. The lowest BCUT2D eigenvalue weighted by Gasteiger charge is -2.41. The first kappa shape index (κ1) is 29.4. The largest absolute Gasteiger partial charge is 0.495 e. The number of ether oxygens (including phenoxy) is 1. The van der Waals surface area contributed by atoms with E-state index in [1.54, 1.807) is 32.4 Å². The third-order valence-electron chi connectivity index (χ3n) is 8.59. The summed E-state index contributed by atoms with van der Waals surface area (Å²) in [5.41, 5.74) is 2.36. The van der Waals surface area contributed by atoms with E-state index in [9.17, 15) is 13.2 Å². The average Bonchev–Trinajstić information content (AvgIpc) is 3.51. The molecule has 2 aliphatic rings. The van der Waals surface area contributed by atoms with E-state index in [2.05, 4.69) is 4.90 Å². The third kappa shape index (κ3) is 6.10. The van der Waals surface area contributed by atoms with Crippen molar-refractivity contribution in [1.82, 2.24) is 9.21 Å². The van der Waals surface area contributed by atoms with Crippen molar-refractivity contribution in [2.75, 3.05) is 51.8 Å². The van der Waals surface area contributed by atoms with Gasteiger partial charge in [0.1, 0.15) is 5.75 Å². The lowest BCUT2D eigenvalue weighted by atomic mass is 9.77.